The van der Waals surface area contributed by atoms with Crippen molar-refractivity contribution < 1.29 is 12.8 Å². The lowest BCUT2D eigenvalue weighted by Gasteiger charge is -2.11. The van der Waals surface area contributed by atoms with Crippen LogP contribution in [0.3, 0.4) is 0 Å². The molecule has 0 aliphatic rings. The quantitative estimate of drug-likeness (QED) is 0.855. The topological polar surface area (TPSA) is 72.2 Å². The second-order valence-corrected chi connectivity index (χ2v) is 6.34. The lowest BCUT2D eigenvalue weighted by atomic mass is 10.2. The van der Waals surface area contributed by atoms with Crippen molar-refractivity contribution in [3.63, 3.8) is 0 Å². The summed E-state index contributed by atoms with van der Waals surface area (Å²) in [6.45, 7) is 1.82. The normalized spacial score (nSPS) is 11.3. The first-order valence-corrected chi connectivity index (χ1v) is 7.50. The minimum atomic E-state index is -4.06. The van der Waals surface area contributed by atoms with Gasteiger partial charge in [0.1, 0.15) is 10.7 Å². The van der Waals surface area contributed by atoms with Crippen molar-refractivity contribution in [1.82, 2.24) is 0 Å². The molecule has 2 rings (SSSR count). The number of aryl methyl sites for hydroxylation is 1. The highest BCUT2D eigenvalue weighted by molar-refractivity contribution is 7.92. The third-order valence-corrected chi connectivity index (χ3v) is 4.33. The summed E-state index contributed by atoms with van der Waals surface area (Å²) >= 11 is 5.95. The molecule has 3 N–H and O–H groups in total. The number of halogens is 2. The number of nitrogen functional groups attached to an aromatic ring is 1. The maximum atomic E-state index is 13.7. The van der Waals surface area contributed by atoms with E-state index in [4.69, 9.17) is 17.3 Å². The average Bonchev–Trinajstić information content (AvgIpc) is 2.32. The Labute approximate surface area is 121 Å². The zero-order valence-corrected chi connectivity index (χ0v) is 12.1. The lowest BCUT2D eigenvalue weighted by molar-refractivity contribution is 0.571. The predicted octanol–water partition coefficient (Wildman–Crippen LogP) is 3.17. The van der Waals surface area contributed by atoms with Crippen molar-refractivity contribution in [3.8, 4) is 0 Å². The van der Waals surface area contributed by atoms with Crippen LogP contribution in [0.25, 0.3) is 0 Å². The Morgan fingerprint density at radius 2 is 1.90 bits per heavy atom. The zero-order chi connectivity index (χ0) is 14.9. The summed E-state index contributed by atoms with van der Waals surface area (Å²) in [5.74, 6) is -0.916. The van der Waals surface area contributed by atoms with Crippen LogP contribution in [-0.4, -0.2) is 8.42 Å². The first kappa shape index (κ1) is 14.6. The third-order valence-electron chi connectivity index (χ3n) is 2.61. The molecule has 2 aromatic rings. The first-order valence-electron chi connectivity index (χ1n) is 5.63. The number of nitrogens with two attached hydrogens (primary N) is 1. The van der Waals surface area contributed by atoms with Crippen molar-refractivity contribution >= 4 is 33.0 Å². The molecule has 0 heterocycles. The maximum Gasteiger partial charge on any atom is 0.264 e. The van der Waals surface area contributed by atoms with Gasteiger partial charge in [-0.25, -0.2) is 12.8 Å². The van der Waals surface area contributed by atoms with Crippen LogP contribution in [0, 0.1) is 12.7 Å². The molecule has 0 aromatic heterocycles. The Kier molecular flexibility index (Phi) is 3.87. The van der Waals surface area contributed by atoms with Gasteiger partial charge in [-0.05, 0) is 42.8 Å². The van der Waals surface area contributed by atoms with Crippen LogP contribution >= 0.6 is 11.6 Å². The van der Waals surface area contributed by atoms with Gasteiger partial charge in [-0.3, -0.25) is 4.72 Å². The minimum Gasteiger partial charge on any atom is -0.399 e. The molecule has 2 aromatic carbocycles. The monoisotopic (exact) mass is 314 g/mol. The van der Waals surface area contributed by atoms with E-state index in [1.807, 2.05) is 6.92 Å². The molecule has 0 radical (unpaired) electrons. The Morgan fingerprint density at radius 1 is 1.20 bits per heavy atom. The molecule has 0 fully saturated rings. The SMILES string of the molecule is Cc1ccc(NS(=O)(=O)c2ccc(N)cc2F)c(Cl)c1. The van der Waals surface area contributed by atoms with E-state index in [9.17, 15) is 12.8 Å². The van der Waals surface area contributed by atoms with E-state index >= 15 is 0 Å². The molecule has 0 aliphatic heterocycles. The smallest absolute Gasteiger partial charge is 0.264 e. The van der Waals surface area contributed by atoms with Gasteiger partial charge < -0.3 is 5.73 Å². The van der Waals surface area contributed by atoms with Crippen molar-refractivity contribution in [3.05, 3.63) is 52.8 Å². The highest BCUT2D eigenvalue weighted by Gasteiger charge is 2.20. The molecule has 0 atom stereocenters. The van der Waals surface area contributed by atoms with E-state index < -0.39 is 20.7 Å². The van der Waals surface area contributed by atoms with Crippen molar-refractivity contribution in [2.24, 2.45) is 0 Å². The van der Waals surface area contributed by atoms with Crippen molar-refractivity contribution in [1.29, 1.82) is 0 Å². The van der Waals surface area contributed by atoms with E-state index in [0.717, 1.165) is 17.7 Å². The van der Waals surface area contributed by atoms with Crippen LogP contribution < -0.4 is 10.5 Å². The molecular formula is C13H12ClFN2O2S. The fourth-order valence-electron chi connectivity index (χ4n) is 1.64. The molecule has 0 saturated heterocycles. The van der Waals surface area contributed by atoms with E-state index in [1.54, 1.807) is 12.1 Å². The summed E-state index contributed by atoms with van der Waals surface area (Å²) in [6, 6.07) is 8.20. The Morgan fingerprint density at radius 3 is 2.50 bits per heavy atom. The van der Waals surface area contributed by atoms with Crippen LogP contribution in [0.15, 0.2) is 41.3 Å². The molecule has 0 amide bonds. The molecule has 7 heteroatoms. The second-order valence-electron chi connectivity index (χ2n) is 4.28. The number of anilines is 2. The van der Waals surface area contributed by atoms with Crippen LogP contribution in [0.2, 0.25) is 5.02 Å². The van der Waals surface area contributed by atoms with Crippen LogP contribution in [0.5, 0.6) is 0 Å². The van der Waals surface area contributed by atoms with Gasteiger partial charge in [-0.2, -0.15) is 0 Å². The highest BCUT2D eigenvalue weighted by atomic mass is 35.5. The van der Waals surface area contributed by atoms with E-state index in [-0.39, 0.29) is 16.4 Å². The zero-order valence-electron chi connectivity index (χ0n) is 10.5. The Hall–Kier alpha value is -1.79. The number of nitrogens with one attached hydrogen (secondary N) is 1. The van der Waals surface area contributed by atoms with Crippen LogP contribution in [0.1, 0.15) is 5.56 Å². The predicted molar refractivity (Wildman–Crippen MR) is 77.8 cm³/mol. The summed E-state index contributed by atoms with van der Waals surface area (Å²) in [5, 5.41) is 0.240. The molecule has 106 valence electrons. The number of hydrogen-bond donors (Lipinski definition) is 2. The van der Waals surface area contributed by atoms with Gasteiger partial charge >= 0.3 is 0 Å². The average molecular weight is 315 g/mol. The van der Waals surface area contributed by atoms with Crippen LogP contribution in [0.4, 0.5) is 15.8 Å². The molecule has 0 unspecified atom stereocenters. The number of benzene rings is 2. The number of rotatable bonds is 3. The summed E-state index contributed by atoms with van der Waals surface area (Å²) in [7, 11) is -4.06. The van der Waals surface area contributed by atoms with E-state index in [0.29, 0.717) is 0 Å². The standard InChI is InChI=1S/C13H12ClFN2O2S/c1-8-2-4-12(10(14)6-8)17-20(18,19)13-5-3-9(16)7-11(13)15/h2-7,17H,16H2,1H3. The van der Waals surface area contributed by atoms with Gasteiger partial charge in [0.25, 0.3) is 10.0 Å². The van der Waals surface area contributed by atoms with Crippen molar-refractivity contribution in [2.45, 2.75) is 11.8 Å². The fourth-order valence-corrected chi connectivity index (χ4v) is 3.12. The maximum absolute atomic E-state index is 13.7. The Bertz CT molecular complexity index is 763. The molecular weight excluding hydrogens is 303 g/mol. The number of hydrogen-bond acceptors (Lipinski definition) is 3. The van der Waals surface area contributed by atoms with Gasteiger partial charge in [0.2, 0.25) is 0 Å². The first-order chi connectivity index (χ1) is 9.29. The van der Waals surface area contributed by atoms with E-state index in [2.05, 4.69) is 4.72 Å². The molecule has 0 spiro atoms. The molecule has 0 bridgehead atoms. The highest BCUT2D eigenvalue weighted by Crippen LogP contribution is 2.26. The van der Waals surface area contributed by atoms with Gasteiger partial charge in [0.05, 0.1) is 10.7 Å². The molecule has 4 nitrogen and oxygen atoms in total. The van der Waals surface area contributed by atoms with Gasteiger partial charge in [-0.15, -0.1) is 0 Å². The fraction of sp³-hybridized carbons (Fsp3) is 0.0769. The molecule has 0 saturated carbocycles. The summed E-state index contributed by atoms with van der Waals surface area (Å²) in [6.07, 6.45) is 0. The molecule has 0 aliphatic carbocycles. The lowest BCUT2D eigenvalue weighted by Crippen LogP contribution is -2.15. The molecule has 20 heavy (non-hydrogen) atoms. The van der Waals surface area contributed by atoms with Crippen molar-refractivity contribution in [2.75, 3.05) is 10.5 Å². The third kappa shape index (κ3) is 3.02. The minimum absolute atomic E-state index is 0.148. The summed E-state index contributed by atoms with van der Waals surface area (Å²) in [4.78, 5) is -0.483. The number of sulfonamides is 1. The van der Waals surface area contributed by atoms with Gasteiger partial charge in [0.15, 0.2) is 0 Å². The van der Waals surface area contributed by atoms with Crippen LogP contribution in [-0.2, 0) is 10.0 Å². The van der Waals surface area contributed by atoms with Gasteiger partial charge in [-0.1, -0.05) is 17.7 Å². The summed E-state index contributed by atoms with van der Waals surface area (Å²) in [5.41, 5.74) is 6.61. The summed E-state index contributed by atoms with van der Waals surface area (Å²) < 4.78 is 40.2. The Balaban J connectivity index is 2.41. The van der Waals surface area contributed by atoms with E-state index in [1.165, 1.54) is 12.1 Å². The second kappa shape index (κ2) is 5.30. The van der Waals surface area contributed by atoms with Gasteiger partial charge in [0, 0.05) is 5.69 Å². The largest absolute Gasteiger partial charge is 0.399 e.